The van der Waals surface area contributed by atoms with Crippen molar-refractivity contribution in [3.8, 4) is 0 Å². The van der Waals surface area contributed by atoms with Gasteiger partial charge in [0.05, 0.1) is 13.2 Å². The number of ether oxygens (including phenoxy) is 1. The van der Waals surface area contributed by atoms with Crippen LogP contribution in [0.25, 0.3) is 0 Å². The second-order valence-corrected chi connectivity index (χ2v) is 6.05. The monoisotopic (exact) mass is 375 g/mol. The van der Waals surface area contributed by atoms with Crippen molar-refractivity contribution in [3.05, 3.63) is 58.6 Å². The van der Waals surface area contributed by atoms with Gasteiger partial charge in [-0.1, -0.05) is 17.7 Å². The lowest BCUT2D eigenvalue weighted by atomic mass is 10.2. The van der Waals surface area contributed by atoms with Crippen molar-refractivity contribution in [2.24, 2.45) is 0 Å². The molecule has 2 aromatic carbocycles. The number of nitrogens with one attached hydrogen (secondary N) is 3. The van der Waals surface area contributed by atoms with E-state index in [4.69, 9.17) is 16.3 Å². The maximum absolute atomic E-state index is 12.1. The van der Waals surface area contributed by atoms with Crippen LogP contribution in [0.5, 0.6) is 0 Å². The van der Waals surface area contributed by atoms with E-state index in [1.165, 1.54) is 0 Å². The van der Waals surface area contributed by atoms with Gasteiger partial charge in [-0.25, -0.2) is 0 Å². The molecule has 0 spiro atoms. The summed E-state index contributed by atoms with van der Waals surface area (Å²) in [5.41, 5.74) is 2.85. The topological polar surface area (TPSA) is 79.5 Å². The van der Waals surface area contributed by atoms with E-state index in [0.717, 1.165) is 11.3 Å². The van der Waals surface area contributed by atoms with Crippen molar-refractivity contribution in [1.82, 2.24) is 5.32 Å². The van der Waals surface area contributed by atoms with E-state index in [1.54, 1.807) is 37.4 Å². The molecule has 0 atom stereocenters. The first-order valence-electron chi connectivity index (χ1n) is 8.17. The third-order valence-electron chi connectivity index (χ3n) is 3.73. The molecule has 6 nitrogen and oxygen atoms in total. The molecule has 138 valence electrons. The second-order valence-electron chi connectivity index (χ2n) is 5.64. The fraction of sp³-hybridized carbons (Fsp3) is 0.263. The van der Waals surface area contributed by atoms with E-state index < -0.39 is 0 Å². The minimum absolute atomic E-state index is 0.112. The van der Waals surface area contributed by atoms with E-state index in [9.17, 15) is 9.59 Å². The van der Waals surface area contributed by atoms with Gasteiger partial charge in [0, 0.05) is 35.6 Å². The number of hydrogen-bond donors (Lipinski definition) is 3. The van der Waals surface area contributed by atoms with Crippen LogP contribution in [0, 0.1) is 6.92 Å². The van der Waals surface area contributed by atoms with Crippen LogP contribution in [0.2, 0.25) is 5.02 Å². The quantitative estimate of drug-likeness (QED) is 0.619. The van der Waals surface area contributed by atoms with Gasteiger partial charge in [0.25, 0.3) is 5.91 Å². The van der Waals surface area contributed by atoms with Crippen LogP contribution in [0.1, 0.15) is 15.9 Å². The third-order valence-corrected chi connectivity index (χ3v) is 4.14. The van der Waals surface area contributed by atoms with Crippen molar-refractivity contribution in [2.45, 2.75) is 6.92 Å². The molecule has 0 aliphatic rings. The number of carbonyl (C=O) groups excluding carboxylic acids is 2. The van der Waals surface area contributed by atoms with Gasteiger partial charge in [-0.15, -0.1) is 0 Å². The summed E-state index contributed by atoms with van der Waals surface area (Å²) in [6.45, 7) is 2.90. The zero-order chi connectivity index (χ0) is 18.9. The Kier molecular flexibility index (Phi) is 7.44. The van der Waals surface area contributed by atoms with E-state index in [0.29, 0.717) is 29.4 Å². The minimum Gasteiger partial charge on any atom is -0.383 e. The maximum Gasteiger partial charge on any atom is 0.251 e. The Balaban J connectivity index is 1.85. The van der Waals surface area contributed by atoms with Gasteiger partial charge < -0.3 is 20.7 Å². The number of halogens is 1. The summed E-state index contributed by atoms with van der Waals surface area (Å²) in [5.74, 6) is -0.375. The molecule has 0 aliphatic heterocycles. The molecule has 0 unspecified atom stereocenters. The largest absolute Gasteiger partial charge is 0.383 e. The highest BCUT2D eigenvalue weighted by Gasteiger charge is 2.07. The molecule has 3 N–H and O–H groups in total. The highest BCUT2D eigenvalue weighted by atomic mass is 35.5. The van der Waals surface area contributed by atoms with E-state index in [1.807, 2.05) is 19.1 Å². The number of hydrogen-bond acceptors (Lipinski definition) is 4. The molecule has 0 aromatic heterocycles. The third kappa shape index (κ3) is 5.75. The molecule has 0 heterocycles. The summed E-state index contributed by atoms with van der Waals surface area (Å²) >= 11 is 6.06. The first-order chi connectivity index (χ1) is 12.5. The summed E-state index contributed by atoms with van der Waals surface area (Å²) in [5, 5.41) is 9.22. The SMILES string of the molecule is COCCNC(=O)c1ccc(NC(=O)CNc2cccc(Cl)c2C)cc1. The zero-order valence-electron chi connectivity index (χ0n) is 14.8. The van der Waals surface area contributed by atoms with Crippen molar-refractivity contribution < 1.29 is 14.3 Å². The fourth-order valence-electron chi connectivity index (χ4n) is 2.25. The van der Waals surface area contributed by atoms with Crippen LogP contribution in [-0.2, 0) is 9.53 Å². The number of anilines is 2. The summed E-state index contributed by atoms with van der Waals surface area (Å²) < 4.78 is 4.88. The predicted molar refractivity (Wildman–Crippen MR) is 104 cm³/mol. The Morgan fingerprint density at radius 3 is 2.54 bits per heavy atom. The van der Waals surface area contributed by atoms with Crippen LogP contribution in [0.4, 0.5) is 11.4 Å². The molecular formula is C19H22ClN3O3. The van der Waals surface area contributed by atoms with Crippen molar-refractivity contribution in [2.75, 3.05) is 37.4 Å². The van der Waals surface area contributed by atoms with Gasteiger partial charge in [-0.05, 0) is 48.9 Å². The summed E-state index contributed by atoms with van der Waals surface area (Å²) in [6.07, 6.45) is 0. The minimum atomic E-state index is -0.193. The number of carbonyl (C=O) groups is 2. The van der Waals surface area contributed by atoms with Crippen molar-refractivity contribution in [1.29, 1.82) is 0 Å². The van der Waals surface area contributed by atoms with Crippen molar-refractivity contribution in [3.63, 3.8) is 0 Å². The summed E-state index contributed by atoms with van der Waals surface area (Å²) in [6, 6.07) is 12.2. The van der Waals surface area contributed by atoms with Crippen LogP contribution < -0.4 is 16.0 Å². The second kappa shape index (κ2) is 9.79. The van der Waals surface area contributed by atoms with Crippen LogP contribution in [-0.4, -0.2) is 38.6 Å². The van der Waals surface area contributed by atoms with E-state index >= 15 is 0 Å². The first-order valence-corrected chi connectivity index (χ1v) is 8.55. The van der Waals surface area contributed by atoms with Gasteiger partial charge in [0.15, 0.2) is 0 Å². The van der Waals surface area contributed by atoms with Gasteiger partial charge in [-0.2, -0.15) is 0 Å². The zero-order valence-corrected chi connectivity index (χ0v) is 15.5. The highest BCUT2D eigenvalue weighted by molar-refractivity contribution is 6.31. The molecule has 2 amide bonds. The first kappa shape index (κ1) is 19.8. The lowest BCUT2D eigenvalue weighted by molar-refractivity contribution is -0.114. The molecule has 7 heteroatoms. The van der Waals surface area contributed by atoms with Gasteiger partial charge in [-0.3, -0.25) is 9.59 Å². The molecule has 0 radical (unpaired) electrons. The fourth-order valence-corrected chi connectivity index (χ4v) is 2.43. The average molecular weight is 376 g/mol. The predicted octanol–water partition coefficient (Wildman–Crippen LogP) is 3.08. The Bertz CT molecular complexity index is 763. The lowest BCUT2D eigenvalue weighted by Gasteiger charge is -2.11. The standard InChI is InChI=1S/C19H22ClN3O3/c1-13-16(20)4-3-5-17(13)22-12-18(24)23-15-8-6-14(7-9-15)19(25)21-10-11-26-2/h3-9,22H,10-12H2,1-2H3,(H,21,25)(H,23,24). The molecule has 0 saturated carbocycles. The van der Waals surface area contributed by atoms with E-state index in [2.05, 4.69) is 16.0 Å². The van der Waals surface area contributed by atoms with Gasteiger partial charge in [0.1, 0.15) is 0 Å². The molecule has 0 aliphatic carbocycles. The Hall–Kier alpha value is -2.57. The molecule has 0 saturated heterocycles. The number of benzene rings is 2. The van der Waals surface area contributed by atoms with Crippen LogP contribution >= 0.6 is 11.6 Å². The smallest absolute Gasteiger partial charge is 0.251 e. The number of amides is 2. The molecule has 2 rings (SSSR count). The Morgan fingerprint density at radius 1 is 1.12 bits per heavy atom. The summed E-state index contributed by atoms with van der Waals surface area (Å²) in [4.78, 5) is 24.0. The molecule has 2 aromatic rings. The number of rotatable bonds is 8. The van der Waals surface area contributed by atoms with E-state index in [-0.39, 0.29) is 18.4 Å². The molecule has 0 bridgehead atoms. The van der Waals surface area contributed by atoms with Gasteiger partial charge >= 0.3 is 0 Å². The van der Waals surface area contributed by atoms with Crippen molar-refractivity contribution >= 4 is 34.8 Å². The van der Waals surface area contributed by atoms with Crippen LogP contribution in [0.3, 0.4) is 0 Å². The Morgan fingerprint density at radius 2 is 1.85 bits per heavy atom. The average Bonchev–Trinajstić information content (AvgIpc) is 2.63. The van der Waals surface area contributed by atoms with Gasteiger partial charge in [0.2, 0.25) is 5.91 Å². The molecular weight excluding hydrogens is 354 g/mol. The Labute approximate surface area is 157 Å². The maximum atomic E-state index is 12.1. The highest BCUT2D eigenvalue weighted by Crippen LogP contribution is 2.22. The summed E-state index contributed by atoms with van der Waals surface area (Å²) in [7, 11) is 1.58. The normalized spacial score (nSPS) is 10.3. The molecule has 0 fully saturated rings. The number of methoxy groups -OCH3 is 1. The van der Waals surface area contributed by atoms with Crippen LogP contribution in [0.15, 0.2) is 42.5 Å². The molecule has 26 heavy (non-hydrogen) atoms. The lowest BCUT2D eigenvalue weighted by Crippen LogP contribution is -2.27.